The van der Waals surface area contributed by atoms with Crippen molar-refractivity contribution in [1.82, 2.24) is 44.6 Å². The average Bonchev–Trinajstić information content (AvgIpc) is 0.524. The summed E-state index contributed by atoms with van der Waals surface area (Å²) in [7, 11) is 4.69. The normalized spacial score (nSPS) is 14.5. The molecule has 6 heterocycles. The fourth-order valence-corrected chi connectivity index (χ4v) is 18.0. The first kappa shape index (κ1) is 97.1. The summed E-state index contributed by atoms with van der Waals surface area (Å²) in [6.07, 6.45) is 9.56. The van der Waals surface area contributed by atoms with Crippen LogP contribution in [0.3, 0.4) is 0 Å². The molecule has 0 bridgehead atoms. The second-order valence-corrected chi connectivity index (χ2v) is 39.4. The molecule has 12 rings (SSSR count). The van der Waals surface area contributed by atoms with Crippen LogP contribution in [0.1, 0.15) is 99.5 Å². The van der Waals surface area contributed by atoms with Crippen LogP contribution in [0.2, 0.25) is 0 Å². The lowest BCUT2D eigenvalue weighted by Crippen LogP contribution is -2.42. The molecule has 0 amide bonds. The molecule has 39 heteroatoms. The third kappa shape index (κ3) is 25.2. The molecule has 6 N–H and O–H groups in total. The van der Waals surface area contributed by atoms with Crippen molar-refractivity contribution in [3.63, 3.8) is 0 Å². The van der Waals surface area contributed by atoms with Gasteiger partial charge < -0.3 is 89.7 Å². The van der Waals surface area contributed by atoms with E-state index >= 15 is 0 Å². The van der Waals surface area contributed by atoms with Gasteiger partial charge in [0.1, 0.15) is 17.2 Å². The molecule has 3 aliphatic rings. The van der Waals surface area contributed by atoms with Crippen LogP contribution in [-0.4, -0.2) is 225 Å². The van der Waals surface area contributed by atoms with Crippen LogP contribution in [0.25, 0.3) is 0 Å². The van der Waals surface area contributed by atoms with Gasteiger partial charge in [-0.25, -0.2) is 40.2 Å². The lowest BCUT2D eigenvalue weighted by atomic mass is 10.0. The predicted octanol–water partition coefficient (Wildman–Crippen LogP) is 16.9. The van der Waals surface area contributed by atoms with E-state index in [4.69, 9.17) is 14.2 Å². The van der Waals surface area contributed by atoms with E-state index in [0.717, 1.165) is 119 Å². The van der Waals surface area contributed by atoms with Gasteiger partial charge in [0.05, 0.1) is 103 Å². The van der Waals surface area contributed by atoms with E-state index in [9.17, 15) is 51.6 Å². The SMILES string of the molecule is CC(C)Oc1cc(N2CCC(N(C)C)CC2)ccc1Nc1ncc(OC(F)F)c(Nc2ccccc2S(=O)(=O)C(C)C)n1.COc1cc(N2CCC(N(C)C)CC2)c(C)cc1Nc1ncc(OC(F)F)c(Nc2ccccc2S(=O)(=O)C(C)C)n1.COc1cc(N2CCC(N(C)C)CC2)ccc1Nc1ncc(OC(F)F)c(Nc2ccccc2S(=O)(=O)C(C)C)n1. The number of alkyl halides is 6. The molecule has 3 fully saturated rings. The molecule has 0 saturated carbocycles. The molecular formula is C87H114F6N18O12S3. The fourth-order valence-electron chi connectivity index (χ4n) is 14.4. The molecule has 6 aromatic carbocycles. The standard InChI is InChI=1S/C30H40F2N6O4S.C29H38F2N6O4S.C28H36F2N6O4S/c1-19(2)41-25-17-22(38-15-13-21(14-16-38)37(5)6)11-12-23(25)35-30-33-18-26(42-29(31)32)28(36-30)34-24-9-7-8-10-27(24)43(39,40)20(3)4;1-18(2)42(38,39)26-10-8-7-9-21(26)33-27-25(41-28(30)31)17-32-29(35-27)34-22-15-19(3)23(16-24(22)40-6)37-13-11-20(12-14-37)36(4)5;1-18(2)41(37,38)25-9-7-6-8-22(25)32-26-24(40-27(29)30)17-31-28(34-26)33-21-11-10-20(16-23(21)39-5)36-14-12-19(13-15-36)35(3)4/h7-12,17-21,29H,13-16H2,1-6H3,(H2,33,34,35,36);7-10,15-18,20,28H,11-14H2,1-6H3,(H2,32,33,34,35);6-11,16-19,27H,12-15H2,1-5H3,(H2,31,32,33,34). The number of para-hydroxylation sites is 3. The van der Waals surface area contributed by atoms with Crippen LogP contribution in [-0.2, 0) is 29.5 Å². The Morgan fingerprint density at radius 3 is 0.976 bits per heavy atom. The molecule has 684 valence electrons. The molecule has 0 unspecified atom stereocenters. The molecule has 9 aromatic rings. The van der Waals surface area contributed by atoms with Gasteiger partial charge in [0.25, 0.3) is 0 Å². The highest BCUT2D eigenvalue weighted by Crippen LogP contribution is 2.42. The smallest absolute Gasteiger partial charge is 0.387 e. The zero-order valence-electron chi connectivity index (χ0n) is 73.8. The largest absolute Gasteiger partial charge is 0.494 e. The van der Waals surface area contributed by atoms with Crippen LogP contribution in [0.5, 0.6) is 34.5 Å². The van der Waals surface area contributed by atoms with Gasteiger partial charge in [-0.3, -0.25) is 0 Å². The first-order chi connectivity index (χ1) is 59.7. The molecule has 126 heavy (non-hydrogen) atoms. The van der Waals surface area contributed by atoms with Crippen molar-refractivity contribution in [3.05, 3.63) is 145 Å². The number of sulfone groups is 3. The topological polar surface area (TPSA) is 327 Å². The maximum absolute atomic E-state index is 13.2. The van der Waals surface area contributed by atoms with Crippen LogP contribution in [0.4, 0.5) is 113 Å². The number of hydrogen-bond acceptors (Lipinski definition) is 30. The first-order valence-corrected chi connectivity index (χ1v) is 45.9. The maximum Gasteiger partial charge on any atom is 0.387 e. The summed E-state index contributed by atoms with van der Waals surface area (Å²) in [5, 5.41) is 15.8. The zero-order chi connectivity index (χ0) is 91.6. The second kappa shape index (κ2) is 43.4. The van der Waals surface area contributed by atoms with Crippen molar-refractivity contribution < 1.29 is 80.0 Å². The van der Waals surface area contributed by atoms with E-state index in [-0.39, 0.29) is 90.4 Å². The van der Waals surface area contributed by atoms with Gasteiger partial charge in [-0.1, -0.05) is 36.4 Å². The number of aromatic nitrogens is 6. The molecule has 0 radical (unpaired) electrons. The van der Waals surface area contributed by atoms with E-state index < -0.39 is 65.1 Å². The molecule has 0 aliphatic carbocycles. The molecule has 30 nitrogen and oxygen atoms in total. The average molecular weight is 1810 g/mol. The fraction of sp³-hybridized carbons (Fsp3) is 0.448. The Morgan fingerprint density at radius 2 is 0.667 bits per heavy atom. The summed E-state index contributed by atoms with van der Waals surface area (Å²) in [6, 6.07) is 35.7. The highest BCUT2D eigenvalue weighted by atomic mass is 32.2. The minimum absolute atomic E-state index is 0.0120. The zero-order valence-corrected chi connectivity index (χ0v) is 76.2. The first-order valence-electron chi connectivity index (χ1n) is 41.2. The Bertz CT molecular complexity index is 5500. The quantitative estimate of drug-likeness (QED) is 0.0204. The van der Waals surface area contributed by atoms with Crippen molar-refractivity contribution in [2.45, 2.75) is 175 Å². The molecule has 3 saturated heterocycles. The Hall–Kier alpha value is -11.1. The van der Waals surface area contributed by atoms with Crippen molar-refractivity contribution in [2.75, 3.05) is 142 Å². The number of piperidine rings is 3. The number of nitrogens with one attached hydrogen (secondary N) is 6. The molecule has 3 aromatic heterocycles. The highest BCUT2D eigenvalue weighted by Gasteiger charge is 2.32. The van der Waals surface area contributed by atoms with Gasteiger partial charge in [0.2, 0.25) is 17.8 Å². The summed E-state index contributed by atoms with van der Waals surface area (Å²) in [4.78, 5) is 39.4. The highest BCUT2D eigenvalue weighted by molar-refractivity contribution is 7.92. The van der Waals surface area contributed by atoms with Gasteiger partial charge in [-0.2, -0.15) is 41.3 Å². The summed E-state index contributed by atoms with van der Waals surface area (Å²) in [6.45, 7) is 11.4. The van der Waals surface area contributed by atoms with E-state index in [0.29, 0.717) is 52.4 Å². The minimum atomic E-state index is -3.69. The van der Waals surface area contributed by atoms with Gasteiger partial charge in [0, 0.05) is 92.7 Å². The van der Waals surface area contributed by atoms with E-state index in [1.54, 1.807) is 92.2 Å². The van der Waals surface area contributed by atoms with Crippen LogP contribution < -0.4 is 75.0 Å². The van der Waals surface area contributed by atoms with Crippen LogP contribution in [0, 0.1) is 6.92 Å². The summed E-state index contributed by atoms with van der Waals surface area (Å²) < 4.78 is 188. The Kier molecular flexibility index (Phi) is 33.4. The number of benzene rings is 6. The third-order valence-corrected chi connectivity index (χ3v) is 28.2. The summed E-state index contributed by atoms with van der Waals surface area (Å²) in [5.74, 6) is 0.492. The van der Waals surface area contributed by atoms with Gasteiger partial charge in [0.15, 0.2) is 64.2 Å². The number of hydrogen-bond donors (Lipinski definition) is 6. The van der Waals surface area contributed by atoms with Gasteiger partial charge in [-0.05, 0) is 215 Å². The number of methoxy groups -OCH3 is 2. The Morgan fingerprint density at radius 1 is 0.365 bits per heavy atom. The molecule has 0 atom stereocenters. The van der Waals surface area contributed by atoms with Gasteiger partial charge >= 0.3 is 19.8 Å². The monoisotopic (exact) mass is 1810 g/mol. The van der Waals surface area contributed by atoms with E-state index in [2.05, 4.69) is 148 Å². The van der Waals surface area contributed by atoms with E-state index in [1.165, 1.54) is 36.4 Å². The molecule has 3 aliphatic heterocycles. The minimum Gasteiger partial charge on any atom is -0.494 e. The van der Waals surface area contributed by atoms with Gasteiger partial charge in [-0.15, -0.1) is 0 Å². The van der Waals surface area contributed by atoms with Crippen molar-refractivity contribution >= 4 is 116 Å². The Labute approximate surface area is 734 Å². The number of aryl methyl sites for hydroxylation is 1. The number of rotatable bonds is 34. The van der Waals surface area contributed by atoms with Crippen molar-refractivity contribution in [3.8, 4) is 34.5 Å². The van der Waals surface area contributed by atoms with E-state index in [1.807, 2.05) is 69.3 Å². The number of nitrogens with zero attached hydrogens (tertiary/aromatic N) is 12. The van der Waals surface area contributed by atoms with Crippen LogP contribution in [0.15, 0.2) is 155 Å². The summed E-state index contributed by atoms with van der Waals surface area (Å²) in [5.41, 5.74) is 6.39. The predicted molar refractivity (Wildman–Crippen MR) is 482 cm³/mol. The maximum atomic E-state index is 13.2. The lowest BCUT2D eigenvalue weighted by Gasteiger charge is -2.37. The van der Waals surface area contributed by atoms with Crippen molar-refractivity contribution in [2.24, 2.45) is 0 Å². The number of halogens is 6. The lowest BCUT2D eigenvalue weighted by molar-refractivity contribution is -0.0504. The van der Waals surface area contributed by atoms with Crippen LogP contribution >= 0.6 is 0 Å². The molecular weight excluding hydrogens is 1700 g/mol. The molecule has 0 spiro atoms. The van der Waals surface area contributed by atoms with Crippen molar-refractivity contribution in [1.29, 1.82) is 0 Å². The Balaban J connectivity index is 0.000000197. The number of anilines is 15. The summed E-state index contributed by atoms with van der Waals surface area (Å²) >= 11 is 0. The third-order valence-electron chi connectivity index (χ3n) is 21.5. The second-order valence-electron chi connectivity index (χ2n) is 32.0. The number of ether oxygens (including phenoxy) is 6.